The van der Waals surface area contributed by atoms with E-state index in [2.05, 4.69) is 10.5 Å². The van der Waals surface area contributed by atoms with Crippen molar-refractivity contribution in [3.63, 3.8) is 0 Å². The Bertz CT molecular complexity index is 851. The van der Waals surface area contributed by atoms with E-state index in [9.17, 15) is 19.5 Å². The minimum absolute atomic E-state index is 0.0569. The van der Waals surface area contributed by atoms with Gasteiger partial charge in [0, 0.05) is 11.1 Å². The lowest BCUT2D eigenvalue weighted by Gasteiger charge is -2.07. The number of hydrazone groups is 1. The van der Waals surface area contributed by atoms with Crippen LogP contribution in [0, 0.1) is 5.92 Å². The van der Waals surface area contributed by atoms with Crippen molar-refractivity contribution < 1.29 is 19.5 Å². The first-order valence-electron chi connectivity index (χ1n) is 7.30. The van der Waals surface area contributed by atoms with Gasteiger partial charge in [0.1, 0.15) is 11.7 Å². The summed E-state index contributed by atoms with van der Waals surface area (Å²) in [4.78, 5) is 36.7. The number of fused-ring (bicyclic) bond motifs is 1. The van der Waals surface area contributed by atoms with Crippen molar-refractivity contribution in [2.45, 2.75) is 6.92 Å². The Morgan fingerprint density at radius 3 is 2.12 bits per heavy atom. The maximum absolute atomic E-state index is 12.4. The Morgan fingerprint density at radius 2 is 1.54 bits per heavy atom. The van der Waals surface area contributed by atoms with Crippen molar-refractivity contribution in [3.05, 3.63) is 65.2 Å². The largest absolute Gasteiger partial charge is 0.507 e. The molecule has 0 saturated heterocycles. The monoisotopic (exact) mass is 322 g/mol. The van der Waals surface area contributed by atoms with Gasteiger partial charge in [-0.2, -0.15) is 5.10 Å². The van der Waals surface area contributed by atoms with Crippen molar-refractivity contribution >= 4 is 23.2 Å². The van der Waals surface area contributed by atoms with Gasteiger partial charge >= 0.3 is 0 Å². The summed E-state index contributed by atoms with van der Waals surface area (Å²) >= 11 is 0. The number of ketones is 2. The molecule has 0 unspecified atom stereocenters. The van der Waals surface area contributed by atoms with Crippen LogP contribution in [0.25, 0.3) is 0 Å². The highest BCUT2D eigenvalue weighted by atomic mass is 16.3. The van der Waals surface area contributed by atoms with E-state index >= 15 is 0 Å². The Balaban J connectivity index is 1.80. The first-order valence-corrected chi connectivity index (χ1v) is 7.30. The minimum Gasteiger partial charge on any atom is -0.507 e. The standard InChI is InChI=1S/C18H14N2O4/c1-10(19-20-18(24)13-8-4-5-9-14(13)21)15-16(22)11-6-2-3-7-12(11)17(15)23/h2-9,15,21H,1H3,(H,20,24). The van der Waals surface area contributed by atoms with Crippen molar-refractivity contribution in [1.82, 2.24) is 5.43 Å². The van der Waals surface area contributed by atoms with E-state index in [-0.39, 0.29) is 28.6 Å². The number of para-hydroxylation sites is 1. The number of carbonyl (C=O) groups is 3. The second-order valence-corrected chi connectivity index (χ2v) is 5.42. The Kier molecular flexibility index (Phi) is 3.95. The van der Waals surface area contributed by atoms with Gasteiger partial charge in [-0.25, -0.2) is 5.43 Å². The minimum atomic E-state index is -1.02. The molecule has 2 aromatic carbocycles. The third kappa shape index (κ3) is 2.58. The first kappa shape index (κ1) is 15.6. The van der Waals surface area contributed by atoms with Crippen molar-refractivity contribution in [2.24, 2.45) is 11.0 Å². The van der Waals surface area contributed by atoms with Gasteiger partial charge in [0.25, 0.3) is 5.91 Å². The van der Waals surface area contributed by atoms with E-state index in [1.54, 1.807) is 36.4 Å². The number of phenolic OH excluding ortho intramolecular Hbond substituents is 1. The normalized spacial score (nSPS) is 14.6. The fourth-order valence-electron chi connectivity index (χ4n) is 2.65. The predicted molar refractivity (Wildman–Crippen MR) is 87.3 cm³/mol. The topological polar surface area (TPSA) is 95.8 Å². The van der Waals surface area contributed by atoms with Crippen LogP contribution in [0.1, 0.15) is 38.0 Å². The van der Waals surface area contributed by atoms with Crippen LogP contribution in [-0.4, -0.2) is 28.3 Å². The second kappa shape index (κ2) is 6.08. The lowest BCUT2D eigenvalue weighted by atomic mass is 9.99. The average Bonchev–Trinajstić information content (AvgIpc) is 2.84. The van der Waals surface area contributed by atoms with E-state index in [4.69, 9.17) is 0 Å². The highest BCUT2D eigenvalue weighted by molar-refractivity contribution is 6.36. The Labute approximate surface area is 137 Å². The number of benzene rings is 2. The average molecular weight is 322 g/mol. The van der Waals surface area contributed by atoms with Gasteiger partial charge in [0.15, 0.2) is 11.6 Å². The maximum atomic E-state index is 12.4. The maximum Gasteiger partial charge on any atom is 0.275 e. The van der Waals surface area contributed by atoms with E-state index in [0.29, 0.717) is 11.1 Å². The number of hydrogen-bond donors (Lipinski definition) is 2. The van der Waals surface area contributed by atoms with E-state index in [0.717, 1.165) is 0 Å². The molecule has 0 aromatic heterocycles. The summed E-state index contributed by atoms with van der Waals surface area (Å²) in [6.07, 6.45) is 0. The van der Waals surface area contributed by atoms with Crippen molar-refractivity contribution in [1.29, 1.82) is 0 Å². The summed E-state index contributed by atoms with van der Waals surface area (Å²) in [6, 6.07) is 12.6. The SMILES string of the molecule is CC(=NNC(=O)c1ccccc1O)C1C(=O)c2ccccc2C1=O. The molecular formula is C18H14N2O4. The molecule has 1 amide bonds. The van der Waals surface area contributed by atoms with Crippen molar-refractivity contribution in [3.8, 4) is 5.75 Å². The molecule has 120 valence electrons. The summed E-state index contributed by atoms with van der Waals surface area (Å²) in [5, 5.41) is 13.5. The summed E-state index contributed by atoms with van der Waals surface area (Å²) in [5.74, 6) is -2.47. The van der Waals surface area contributed by atoms with Crippen LogP contribution in [0.2, 0.25) is 0 Å². The van der Waals surface area contributed by atoms with Crippen LogP contribution in [0.15, 0.2) is 53.6 Å². The van der Waals surface area contributed by atoms with Crippen molar-refractivity contribution in [2.75, 3.05) is 0 Å². The Morgan fingerprint density at radius 1 is 1.00 bits per heavy atom. The molecule has 0 atom stereocenters. The van der Waals surface area contributed by atoms with Crippen LogP contribution in [0.5, 0.6) is 5.75 Å². The highest BCUT2D eigenvalue weighted by Gasteiger charge is 2.40. The number of aromatic hydroxyl groups is 1. The van der Waals surface area contributed by atoms with Crippen LogP contribution in [-0.2, 0) is 0 Å². The predicted octanol–water partition coefficient (Wildman–Crippen LogP) is 2.19. The van der Waals surface area contributed by atoms with Crippen LogP contribution < -0.4 is 5.43 Å². The zero-order valence-electron chi connectivity index (χ0n) is 12.8. The first-order chi connectivity index (χ1) is 11.5. The Hall–Kier alpha value is -3.28. The molecule has 0 radical (unpaired) electrons. The molecular weight excluding hydrogens is 308 g/mol. The number of nitrogens with zero attached hydrogens (tertiary/aromatic N) is 1. The van der Waals surface area contributed by atoms with Crippen LogP contribution in [0.3, 0.4) is 0 Å². The number of carbonyl (C=O) groups excluding carboxylic acids is 3. The van der Waals surface area contributed by atoms with E-state index in [1.807, 2.05) is 0 Å². The fourth-order valence-corrected chi connectivity index (χ4v) is 2.65. The van der Waals surface area contributed by atoms with Gasteiger partial charge in [-0.3, -0.25) is 14.4 Å². The summed E-state index contributed by atoms with van der Waals surface area (Å²) in [6.45, 7) is 1.51. The van der Waals surface area contributed by atoms with Crippen LogP contribution in [0.4, 0.5) is 0 Å². The molecule has 2 aromatic rings. The molecule has 0 spiro atoms. The van der Waals surface area contributed by atoms with Gasteiger partial charge in [0.05, 0.1) is 11.3 Å². The molecule has 24 heavy (non-hydrogen) atoms. The third-order valence-electron chi connectivity index (χ3n) is 3.88. The third-order valence-corrected chi connectivity index (χ3v) is 3.88. The highest BCUT2D eigenvalue weighted by Crippen LogP contribution is 2.27. The molecule has 6 nitrogen and oxygen atoms in total. The number of Topliss-reactive ketones (excluding diaryl/α,β-unsaturated/α-hetero) is 2. The van der Waals surface area contributed by atoms with E-state index < -0.39 is 11.8 Å². The van der Waals surface area contributed by atoms with Gasteiger partial charge < -0.3 is 5.11 Å². The summed E-state index contributed by atoms with van der Waals surface area (Å²) < 4.78 is 0. The van der Waals surface area contributed by atoms with Gasteiger partial charge in [-0.15, -0.1) is 0 Å². The zero-order chi connectivity index (χ0) is 17.3. The number of rotatable bonds is 3. The number of phenols is 1. The number of hydrogen-bond acceptors (Lipinski definition) is 5. The zero-order valence-corrected chi connectivity index (χ0v) is 12.8. The number of amides is 1. The lowest BCUT2D eigenvalue weighted by molar-refractivity contribution is 0.0877. The molecule has 6 heteroatoms. The molecule has 3 rings (SSSR count). The summed E-state index contributed by atoms with van der Waals surface area (Å²) in [5.41, 5.74) is 3.26. The molecule has 1 aliphatic rings. The van der Waals surface area contributed by atoms with Crippen LogP contribution >= 0.6 is 0 Å². The van der Waals surface area contributed by atoms with E-state index in [1.165, 1.54) is 19.1 Å². The fraction of sp³-hybridized carbons (Fsp3) is 0.111. The molecule has 2 N–H and O–H groups in total. The molecule has 0 fully saturated rings. The smallest absolute Gasteiger partial charge is 0.275 e. The summed E-state index contributed by atoms with van der Waals surface area (Å²) in [7, 11) is 0. The molecule has 0 heterocycles. The van der Waals surface area contributed by atoms with Gasteiger partial charge in [0.2, 0.25) is 0 Å². The molecule has 0 saturated carbocycles. The number of nitrogens with one attached hydrogen (secondary N) is 1. The molecule has 0 bridgehead atoms. The second-order valence-electron chi connectivity index (χ2n) is 5.42. The molecule has 1 aliphatic carbocycles. The van der Waals surface area contributed by atoms with Gasteiger partial charge in [-0.1, -0.05) is 36.4 Å². The molecule has 0 aliphatic heterocycles. The lowest BCUT2D eigenvalue weighted by Crippen LogP contribution is -2.27. The van der Waals surface area contributed by atoms with Gasteiger partial charge in [-0.05, 0) is 19.1 Å². The quantitative estimate of drug-likeness (QED) is 0.514.